The lowest BCUT2D eigenvalue weighted by atomic mass is 9.90. The minimum Gasteiger partial charge on any atom is -0.407 e. The van der Waals surface area contributed by atoms with Gasteiger partial charge in [-0.05, 0) is 46.0 Å². The Kier molecular flexibility index (Phi) is 9.37. The van der Waals surface area contributed by atoms with Crippen LogP contribution in [0.3, 0.4) is 0 Å². The molecule has 1 fully saturated rings. The van der Waals surface area contributed by atoms with Gasteiger partial charge in [0.2, 0.25) is 0 Å². The minimum atomic E-state index is -3.08. The van der Waals surface area contributed by atoms with E-state index in [-0.39, 0.29) is 16.7 Å². The van der Waals surface area contributed by atoms with Crippen LogP contribution in [0.5, 0.6) is 0 Å². The van der Waals surface area contributed by atoms with E-state index in [1.54, 1.807) is 6.92 Å². The largest absolute Gasteiger partial charge is 0.407 e. The fourth-order valence-electron chi connectivity index (χ4n) is 5.81. The molecule has 0 aliphatic carbocycles. The lowest BCUT2D eigenvalue weighted by Crippen LogP contribution is -2.68. The second-order valence-corrected chi connectivity index (χ2v) is 23.5. The van der Waals surface area contributed by atoms with Crippen LogP contribution in [0, 0.1) is 0 Å². The molecule has 1 saturated heterocycles. The van der Waals surface area contributed by atoms with Crippen LogP contribution in [-0.4, -0.2) is 50.7 Å². The molecular weight excluding hydrogens is 592 g/mol. The van der Waals surface area contributed by atoms with Crippen molar-refractivity contribution in [1.82, 2.24) is 9.55 Å². The molecule has 238 valence electrons. The molecule has 3 aromatic rings. The minimum absolute atomic E-state index is 0.0517. The molecule has 0 saturated carbocycles. The van der Waals surface area contributed by atoms with Crippen LogP contribution < -0.4 is 21.6 Å². The Balaban J connectivity index is 1.92. The van der Waals surface area contributed by atoms with E-state index in [0.29, 0.717) is 5.57 Å². The van der Waals surface area contributed by atoms with Crippen molar-refractivity contribution < 1.29 is 18.0 Å². The number of H-pyrrole nitrogens is 1. The standard InChI is InChI=1S/C34H47FN2O5Si2/c1-24(2)34(23-40-44(33(6,7)8,25-17-13-11-14-18-25)26-19-15-12-16-20-26)29(42-43(9,10)32(3,4)5)28(35)30(41-34)37-22-21-27(38)36-31(37)39/h11-22,28-30H,1,23H2,2-10H3,(H,36,38,39)/t28-,29+,30-,34+/m1/s1. The number of hydrogen-bond acceptors (Lipinski definition) is 5. The molecule has 4 atom stereocenters. The molecule has 0 amide bonds. The normalized spacial score (nSPS) is 23.1. The Bertz CT molecular complexity index is 1540. The molecule has 10 heteroatoms. The fraction of sp³-hybridized carbons (Fsp3) is 0.471. The number of halogens is 1. The zero-order valence-corrected chi connectivity index (χ0v) is 29.4. The van der Waals surface area contributed by atoms with Crippen molar-refractivity contribution >= 4 is 27.0 Å². The van der Waals surface area contributed by atoms with Crippen LogP contribution in [0.1, 0.15) is 54.7 Å². The smallest absolute Gasteiger partial charge is 0.330 e. The average molecular weight is 639 g/mol. The zero-order chi connectivity index (χ0) is 32.7. The molecule has 2 aromatic carbocycles. The van der Waals surface area contributed by atoms with Crippen molar-refractivity contribution in [3.63, 3.8) is 0 Å². The third kappa shape index (κ3) is 6.02. The lowest BCUT2D eigenvalue weighted by Gasteiger charge is -2.47. The highest BCUT2D eigenvalue weighted by Crippen LogP contribution is 2.49. The maximum atomic E-state index is 16.9. The number of alkyl halides is 1. The quantitative estimate of drug-likeness (QED) is 0.241. The monoisotopic (exact) mass is 638 g/mol. The highest BCUT2D eigenvalue weighted by molar-refractivity contribution is 6.99. The predicted octanol–water partition coefficient (Wildman–Crippen LogP) is 5.69. The number of rotatable bonds is 9. The van der Waals surface area contributed by atoms with E-state index < -0.39 is 52.0 Å². The third-order valence-corrected chi connectivity index (χ3v) is 18.8. The molecule has 1 aromatic heterocycles. The van der Waals surface area contributed by atoms with Crippen molar-refractivity contribution in [2.75, 3.05) is 6.61 Å². The molecule has 2 heterocycles. The molecule has 1 N–H and O–H groups in total. The van der Waals surface area contributed by atoms with Gasteiger partial charge in [-0.2, -0.15) is 0 Å². The molecular formula is C34H47FN2O5Si2. The number of ether oxygens (including phenoxy) is 1. The summed E-state index contributed by atoms with van der Waals surface area (Å²) in [7, 11) is -5.67. The van der Waals surface area contributed by atoms with Gasteiger partial charge in [0.05, 0.1) is 6.61 Å². The molecule has 0 radical (unpaired) electrons. The molecule has 44 heavy (non-hydrogen) atoms. The van der Waals surface area contributed by atoms with Crippen molar-refractivity contribution in [1.29, 1.82) is 0 Å². The second-order valence-electron chi connectivity index (χ2n) is 14.4. The van der Waals surface area contributed by atoms with Crippen LogP contribution in [0.15, 0.2) is 94.7 Å². The highest BCUT2D eigenvalue weighted by Gasteiger charge is 2.62. The van der Waals surface area contributed by atoms with Crippen LogP contribution in [0.2, 0.25) is 23.2 Å². The number of benzene rings is 2. The summed E-state index contributed by atoms with van der Waals surface area (Å²) in [6, 6.07) is 21.6. The Morgan fingerprint density at radius 3 is 1.91 bits per heavy atom. The SMILES string of the molecule is C=C(C)[C@]1(CO[Si](c2ccccc2)(c2ccccc2)C(C)(C)C)O[C@@H](n2ccc(=O)[nH]c2=O)[C@H](F)[C@@H]1O[Si](C)(C)C(C)(C)C. The Morgan fingerprint density at radius 2 is 1.48 bits per heavy atom. The van der Waals surface area contributed by atoms with Gasteiger partial charge in [0.25, 0.3) is 13.9 Å². The second kappa shape index (κ2) is 12.1. The van der Waals surface area contributed by atoms with Crippen molar-refractivity contribution in [2.45, 2.75) is 95.7 Å². The molecule has 4 rings (SSSR count). The fourth-order valence-corrected chi connectivity index (χ4v) is 11.7. The van der Waals surface area contributed by atoms with E-state index in [1.165, 1.54) is 12.3 Å². The molecule has 1 aliphatic heterocycles. The predicted molar refractivity (Wildman–Crippen MR) is 180 cm³/mol. The molecule has 0 spiro atoms. The van der Waals surface area contributed by atoms with E-state index in [4.69, 9.17) is 13.6 Å². The number of nitrogens with one attached hydrogen (secondary N) is 1. The number of hydrogen-bond donors (Lipinski definition) is 1. The topological polar surface area (TPSA) is 82.5 Å². The van der Waals surface area contributed by atoms with Gasteiger partial charge >= 0.3 is 5.69 Å². The number of nitrogens with zero attached hydrogens (tertiary/aromatic N) is 1. The number of aromatic nitrogens is 2. The van der Waals surface area contributed by atoms with Crippen LogP contribution in [-0.2, 0) is 13.6 Å². The van der Waals surface area contributed by atoms with E-state index in [0.717, 1.165) is 14.9 Å². The Morgan fingerprint density at radius 1 is 0.955 bits per heavy atom. The maximum Gasteiger partial charge on any atom is 0.330 e. The summed E-state index contributed by atoms with van der Waals surface area (Å²) < 4.78 is 38.8. The molecule has 0 bridgehead atoms. The van der Waals surface area contributed by atoms with E-state index in [9.17, 15) is 9.59 Å². The van der Waals surface area contributed by atoms with Crippen LogP contribution in [0.25, 0.3) is 0 Å². The first kappa shape index (κ1) is 34.0. The van der Waals surface area contributed by atoms with Gasteiger partial charge in [0, 0.05) is 12.3 Å². The summed E-state index contributed by atoms with van der Waals surface area (Å²) >= 11 is 0. The molecule has 7 nitrogen and oxygen atoms in total. The van der Waals surface area contributed by atoms with Gasteiger partial charge in [-0.15, -0.1) is 0 Å². The van der Waals surface area contributed by atoms with Gasteiger partial charge < -0.3 is 13.6 Å². The van der Waals surface area contributed by atoms with Crippen molar-refractivity contribution in [3.05, 3.63) is 106 Å². The zero-order valence-electron chi connectivity index (χ0n) is 27.4. The summed E-state index contributed by atoms with van der Waals surface area (Å²) in [6.07, 6.45) is -2.98. The first-order chi connectivity index (χ1) is 20.4. The van der Waals surface area contributed by atoms with E-state index in [2.05, 4.69) is 90.5 Å². The third-order valence-electron chi connectivity index (χ3n) is 9.35. The van der Waals surface area contributed by atoms with Gasteiger partial charge in [-0.1, -0.05) is 109 Å². The maximum absolute atomic E-state index is 16.9. The Labute approximate surface area is 262 Å². The Hall–Kier alpha value is -2.90. The summed E-state index contributed by atoms with van der Waals surface area (Å²) in [5, 5.41) is 1.56. The first-order valence-electron chi connectivity index (χ1n) is 15.1. The molecule has 0 unspecified atom stereocenters. The van der Waals surface area contributed by atoms with Gasteiger partial charge in [0.15, 0.2) is 20.7 Å². The lowest BCUT2D eigenvalue weighted by molar-refractivity contribution is -0.0996. The van der Waals surface area contributed by atoms with Crippen molar-refractivity contribution in [2.24, 2.45) is 0 Å². The van der Waals surface area contributed by atoms with Crippen LogP contribution >= 0.6 is 0 Å². The van der Waals surface area contributed by atoms with Crippen molar-refractivity contribution in [3.8, 4) is 0 Å². The van der Waals surface area contributed by atoms with Gasteiger partial charge in [-0.25, -0.2) is 9.18 Å². The average Bonchev–Trinajstić information content (AvgIpc) is 3.20. The van der Waals surface area contributed by atoms with E-state index in [1.807, 2.05) is 36.4 Å². The van der Waals surface area contributed by atoms with Gasteiger partial charge in [0.1, 0.15) is 11.7 Å². The van der Waals surface area contributed by atoms with Gasteiger partial charge in [-0.3, -0.25) is 14.3 Å². The first-order valence-corrected chi connectivity index (χ1v) is 19.9. The van der Waals surface area contributed by atoms with Crippen LogP contribution in [0.4, 0.5) is 4.39 Å². The highest BCUT2D eigenvalue weighted by atomic mass is 28.4. The molecule has 1 aliphatic rings. The number of aromatic amines is 1. The summed E-state index contributed by atoms with van der Waals surface area (Å²) in [6.45, 7) is 22.9. The summed E-state index contributed by atoms with van der Waals surface area (Å²) in [5.41, 5.74) is -2.25. The van der Waals surface area contributed by atoms with E-state index >= 15 is 4.39 Å². The summed E-state index contributed by atoms with van der Waals surface area (Å²) in [5.74, 6) is 0. The summed E-state index contributed by atoms with van der Waals surface area (Å²) in [4.78, 5) is 27.0.